The van der Waals surface area contributed by atoms with E-state index >= 15 is 0 Å². The molecule has 0 saturated carbocycles. The van der Waals surface area contributed by atoms with Crippen LogP contribution in [-0.4, -0.2) is 16.2 Å². The number of anilines is 1. The maximum atomic E-state index is 4.03. The van der Waals surface area contributed by atoms with Crippen molar-refractivity contribution in [2.24, 2.45) is 0 Å². The summed E-state index contributed by atoms with van der Waals surface area (Å²) in [5, 5.41) is 2.22. The lowest BCUT2D eigenvalue weighted by Gasteiger charge is -2.25. The quantitative estimate of drug-likeness (QED) is 0.815. The van der Waals surface area contributed by atoms with E-state index in [0.717, 1.165) is 13.0 Å². The molecule has 2 rings (SSSR count). The lowest BCUT2D eigenvalue weighted by atomic mass is 10.3. The zero-order valence-electron chi connectivity index (χ0n) is 9.28. The summed E-state index contributed by atoms with van der Waals surface area (Å²) in [7, 11) is 0. The van der Waals surface area contributed by atoms with Crippen LogP contribution in [0.4, 0.5) is 5.69 Å². The minimum absolute atomic E-state index is 0. The van der Waals surface area contributed by atoms with Crippen molar-refractivity contribution < 1.29 is 0 Å². The molecule has 16 heavy (non-hydrogen) atoms. The Morgan fingerprint density at radius 3 is 2.38 bits per heavy atom. The van der Waals surface area contributed by atoms with Crippen LogP contribution in [-0.2, 0) is 0 Å². The first-order valence-electron chi connectivity index (χ1n) is 5.22. The second kappa shape index (κ2) is 6.18. The molecule has 0 radical (unpaired) electrons. The van der Waals surface area contributed by atoms with Crippen LogP contribution < -0.4 is 5.01 Å². The molecule has 0 aliphatic carbocycles. The molecule has 0 aliphatic rings. The van der Waals surface area contributed by atoms with Gasteiger partial charge in [0.05, 0.1) is 5.69 Å². The van der Waals surface area contributed by atoms with Gasteiger partial charge in [-0.15, -0.1) is 12.4 Å². The van der Waals surface area contributed by atoms with E-state index in [0.29, 0.717) is 0 Å². The van der Waals surface area contributed by atoms with E-state index in [1.807, 2.05) is 36.7 Å². The Morgan fingerprint density at radius 2 is 1.81 bits per heavy atom. The zero-order chi connectivity index (χ0) is 10.5. The largest absolute Gasteiger partial charge is 0.282 e. The smallest absolute Gasteiger partial charge is 0.0608 e. The SMILES string of the molecule is CCCN(c1ccncc1)n1cccc1.Cl. The van der Waals surface area contributed by atoms with Gasteiger partial charge in [0.25, 0.3) is 0 Å². The van der Waals surface area contributed by atoms with Gasteiger partial charge < -0.3 is 0 Å². The highest BCUT2D eigenvalue weighted by Crippen LogP contribution is 2.13. The molecule has 0 fully saturated rings. The normalized spacial score (nSPS) is 9.56. The highest BCUT2D eigenvalue weighted by atomic mass is 35.5. The molecule has 0 bridgehead atoms. The third-order valence-electron chi connectivity index (χ3n) is 2.26. The van der Waals surface area contributed by atoms with Gasteiger partial charge in [-0.25, -0.2) is 0 Å². The molecule has 3 nitrogen and oxygen atoms in total. The summed E-state index contributed by atoms with van der Waals surface area (Å²) in [5.41, 5.74) is 1.17. The van der Waals surface area contributed by atoms with Crippen LogP contribution >= 0.6 is 12.4 Å². The third-order valence-corrected chi connectivity index (χ3v) is 2.26. The lowest BCUT2D eigenvalue weighted by Crippen LogP contribution is -2.28. The first-order chi connectivity index (χ1) is 7.42. The Balaban J connectivity index is 0.00000128. The first-order valence-corrected chi connectivity index (χ1v) is 5.22. The van der Waals surface area contributed by atoms with Gasteiger partial charge in [0.15, 0.2) is 0 Å². The summed E-state index contributed by atoms with van der Waals surface area (Å²) < 4.78 is 2.10. The Hall–Kier alpha value is -1.48. The van der Waals surface area contributed by atoms with Gasteiger partial charge in [0, 0.05) is 31.3 Å². The van der Waals surface area contributed by atoms with Crippen molar-refractivity contribution in [3.05, 3.63) is 49.1 Å². The highest BCUT2D eigenvalue weighted by Gasteiger charge is 2.05. The maximum Gasteiger partial charge on any atom is 0.0608 e. The van der Waals surface area contributed by atoms with Crippen LogP contribution in [0, 0.1) is 0 Å². The van der Waals surface area contributed by atoms with Gasteiger partial charge in [-0.2, -0.15) is 0 Å². The van der Waals surface area contributed by atoms with Crippen LogP contribution in [0.15, 0.2) is 49.1 Å². The summed E-state index contributed by atoms with van der Waals surface area (Å²) in [5.74, 6) is 0. The molecule has 0 N–H and O–H groups in total. The molecule has 0 aromatic carbocycles. The van der Waals surface area contributed by atoms with E-state index in [1.54, 1.807) is 0 Å². The Kier molecular flexibility index (Phi) is 4.86. The monoisotopic (exact) mass is 237 g/mol. The molecule has 2 aromatic rings. The fourth-order valence-electron chi connectivity index (χ4n) is 1.59. The molecule has 4 heteroatoms. The summed E-state index contributed by atoms with van der Waals surface area (Å²) in [6.07, 6.45) is 8.86. The number of aromatic nitrogens is 2. The molecule has 0 spiro atoms. The average molecular weight is 238 g/mol. The van der Waals surface area contributed by atoms with E-state index in [9.17, 15) is 0 Å². The molecular formula is C12H16ClN3. The molecule has 0 saturated heterocycles. The zero-order valence-corrected chi connectivity index (χ0v) is 10.1. The second-order valence-electron chi connectivity index (χ2n) is 3.39. The minimum atomic E-state index is 0. The minimum Gasteiger partial charge on any atom is -0.282 e. The summed E-state index contributed by atoms with van der Waals surface area (Å²) >= 11 is 0. The summed E-state index contributed by atoms with van der Waals surface area (Å²) in [4.78, 5) is 4.03. The topological polar surface area (TPSA) is 21.1 Å². The average Bonchev–Trinajstić information content (AvgIpc) is 2.80. The molecule has 0 aliphatic heterocycles. The lowest BCUT2D eigenvalue weighted by molar-refractivity contribution is 0.678. The predicted molar refractivity (Wildman–Crippen MR) is 69.0 cm³/mol. The van der Waals surface area contributed by atoms with Gasteiger partial charge in [-0.1, -0.05) is 6.92 Å². The van der Waals surface area contributed by atoms with Crippen LogP contribution in [0.5, 0.6) is 0 Å². The van der Waals surface area contributed by atoms with Gasteiger partial charge >= 0.3 is 0 Å². The fraction of sp³-hybridized carbons (Fsp3) is 0.250. The van der Waals surface area contributed by atoms with Gasteiger partial charge in [-0.05, 0) is 30.7 Å². The van der Waals surface area contributed by atoms with E-state index in [1.165, 1.54) is 5.69 Å². The van der Waals surface area contributed by atoms with Crippen LogP contribution in [0.1, 0.15) is 13.3 Å². The molecular weight excluding hydrogens is 222 g/mol. The van der Waals surface area contributed by atoms with Crippen LogP contribution in [0.25, 0.3) is 0 Å². The van der Waals surface area contributed by atoms with E-state index in [2.05, 4.69) is 34.0 Å². The molecule has 86 valence electrons. The first kappa shape index (κ1) is 12.6. The fourth-order valence-corrected chi connectivity index (χ4v) is 1.59. The Labute approximate surface area is 102 Å². The Bertz CT molecular complexity index is 386. The van der Waals surface area contributed by atoms with Crippen molar-refractivity contribution in [1.82, 2.24) is 9.66 Å². The second-order valence-corrected chi connectivity index (χ2v) is 3.39. The number of hydrogen-bond donors (Lipinski definition) is 0. The highest BCUT2D eigenvalue weighted by molar-refractivity contribution is 5.85. The van der Waals surface area contributed by atoms with Gasteiger partial charge in [0.2, 0.25) is 0 Å². The summed E-state index contributed by atoms with van der Waals surface area (Å²) in [6, 6.07) is 8.11. The number of rotatable bonds is 4. The van der Waals surface area contributed by atoms with Crippen molar-refractivity contribution in [2.45, 2.75) is 13.3 Å². The molecule has 0 atom stereocenters. The van der Waals surface area contributed by atoms with E-state index < -0.39 is 0 Å². The van der Waals surface area contributed by atoms with Crippen molar-refractivity contribution in [3.8, 4) is 0 Å². The standard InChI is InChI=1S/C12H15N3.ClH/c1-2-9-15(14-10-3-4-11-14)12-5-7-13-8-6-12;/h3-8,10-11H,2,9H2,1H3;1H. The van der Waals surface area contributed by atoms with E-state index in [4.69, 9.17) is 0 Å². The number of pyridine rings is 1. The number of halogens is 1. The van der Waals surface area contributed by atoms with Crippen molar-refractivity contribution in [2.75, 3.05) is 11.6 Å². The number of nitrogens with zero attached hydrogens (tertiary/aromatic N) is 3. The summed E-state index contributed by atoms with van der Waals surface area (Å²) in [6.45, 7) is 3.18. The molecule has 2 heterocycles. The van der Waals surface area contributed by atoms with Crippen molar-refractivity contribution in [3.63, 3.8) is 0 Å². The molecule has 0 amide bonds. The maximum absolute atomic E-state index is 4.03. The van der Waals surface area contributed by atoms with Crippen LogP contribution in [0.3, 0.4) is 0 Å². The predicted octanol–water partition coefficient (Wildman–Crippen LogP) is 2.98. The van der Waals surface area contributed by atoms with Crippen molar-refractivity contribution >= 4 is 18.1 Å². The third kappa shape index (κ3) is 2.76. The Morgan fingerprint density at radius 1 is 1.19 bits per heavy atom. The van der Waals surface area contributed by atoms with Gasteiger partial charge in [0.1, 0.15) is 0 Å². The van der Waals surface area contributed by atoms with Crippen LogP contribution in [0.2, 0.25) is 0 Å². The number of hydrogen-bond acceptors (Lipinski definition) is 2. The van der Waals surface area contributed by atoms with Crippen molar-refractivity contribution in [1.29, 1.82) is 0 Å². The van der Waals surface area contributed by atoms with Gasteiger partial charge in [-0.3, -0.25) is 14.7 Å². The molecule has 2 aromatic heterocycles. The molecule has 0 unspecified atom stereocenters. The van der Waals surface area contributed by atoms with E-state index in [-0.39, 0.29) is 12.4 Å².